The van der Waals surface area contributed by atoms with Gasteiger partial charge in [0.15, 0.2) is 6.10 Å². The highest BCUT2D eigenvalue weighted by molar-refractivity contribution is 9.10. The first-order chi connectivity index (χ1) is 6.54. The average molecular weight is 260 g/mol. The van der Waals surface area contributed by atoms with Crippen molar-refractivity contribution in [1.82, 2.24) is 0 Å². The summed E-state index contributed by atoms with van der Waals surface area (Å²) in [6, 6.07) is 6.00. The first-order valence-electron chi connectivity index (χ1n) is 3.95. The van der Waals surface area contributed by atoms with E-state index in [1.54, 1.807) is 24.3 Å². The van der Waals surface area contributed by atoms with Crippen LogP contribution in [0.2, 0.25) is 0 Å². The van der Waals surface area contributed by atoms with E-state index in [0.29, 0.717) is 10.0 Å². The van der Waals surface area contributed by atoms with Crippen LogP contribution in [-0.4, -0.2) is 22.3 Å². The molecule has 0 heterocycles. The number of benzene rings is 1. The van der Waals surface area contributed by atoms with Gasteiger partial charge in [-0.1, -0.05) is 34.1 Å². The fourth-order valence-electron chi connectivity index (χ4n) is 1.07. The summed E-state index contributed by atoms with van der Waals surface area (Å²) in [5, 5.41) is 17.8. The van der Waals surface area contributed by atoms with Gasteiger partial charge in [0.1, 0.15) is 0 Å². The maximum atomic E-state index is 10.5. The molecule has 0 saturated heterocycles. The number of hydrogen-bond donors (Lipinski definition) is 3. The SMILES string of the molecule is N[C@H](c1ccccc1Br)[C@H](O)C(=O)O. The largest absolute Gasteiger partial charge is 0.479 e. The molecule has 0 radical (unpaired) electrons. The highest BCUT2D eigenvalue weighted by Gasteiger charge is 2.24. The monoisotopic (exact) mass is 259 g/mol. The van der Waals surface area contributed by atoms with Gasteiger partial charge in [0, 0.05) is 4.47 Å². The highest BCUT2D eigenvalue weighted by Crippen LogP contribution is 2.23. The Balaban J connectivity index is 2.94. The molecule has 0 aromatic heterocycles. The second kappa shape index (κ2) is 4.54. The van der Waals surface area contributed by atoms with Crippen molar-refractivity contribution in [3.05, 3.63) is 34.3 Å². The summed E-state index contributed by atoms with van der Waals surface area (Å²) in [7, 11) is 0. The number of halogens is 1. The number of aliphatic hydroxyl groups is 1. The van der Waals surface area contributed by atoms with Gasteiger partial charge in [-0.15, -0.1) is 0 Å². The minimum absolute atomic E-state index is 0.572. The number of rotatable bonds is 3. The van der Waals surface area contributed by atoms with Crippen LogP contribution < -0.4 is 5.73 Å². The van der Waals surface area contributed by atoms with Gasteiger partial charge in [-0.05, 0) is 11.6 Å². The smallest absolute Gasteiger partial charge is 0.334 e. The second-order valence-corrected chi connectivity index (χ2v) is 3.68. The fraction of sp³-hybridized carbons (Fsp3) is 0.222. The summed E-state index contributed by atoms with van der Waals surface area (Å²) >= 11 is 3.23. The van der Waals surface area contributed by atoms with Crippen LogP contribution in [0.5, 0.6) is 0 Å². The maximum Gasteiger partial charge on any atom is 0.334 e. The minimum atomic E-state index is -1.59. The van der Waals surface area contributed by atoms with E-state index in [2.05, 4.69) is 15.9 Å². The third kappa shape index (κ3) is 2.31. The molecule has 0 unspecified atom stereocenters. The number of nitrogens with two attached hydrogens (primary N) is 1. The Morgan fingerprint density at radius 1 is 1.43 bits per heavy atom. The zero-order valence-electron chi connectivity index (χ0n) is 7.22. The van der Waals surface area contributed by atoms with Gasteiger partial charge in [-0.25, -0.2) is 4.79 Å². The summed E-state index contributed by atoms with van der Waals surface area (Å²) in [6.45, 7) is 0. The average Bonchev–Trinajstić information content (AvgIpc) is 2.16. The molecule has 14 heavy (non-hydrogen) atoms. The van der Waals surface area contributed by atoms with Gasteiger partial charge in [0.2, 0.25) is 0 Å². The molecule has 1 aromatic carbocycles. The predicted octanol–water partition coefficient (Wildman–Crippen LogP) is 0.894. The van der Waals surface area contributed by atoms with Gasteiger partial charge >= 0.3 is 5.97 Å². The number of aliphatic hydroxyl groups excluding tert-OH is 1. The lowest BCUT2D eigenvalue weighted by atomic mass is 10.0. The number of carboxylic acids is 1. The van der Waals surface area contributed by atoms with Crippen molar-refractivity contribution in [2.45, 2.75) is 12.1 Å². The molecule has 4 nitrogen and oxygen atoms in total. The molecular formula is C9H10BrNO3. The van der Waals surface area contributed by atoms with Crippen LogP contribution in [0.1, 0.15) is 11.6 Å². The van der Waals surface area contributed by atoms with Crippen molar-refractivity contribution in [1.29, 1.82) is 0 Å². The van der Waals surface area contributed by atoms with E-state index in [-0.39, 0.29) is 0 Å². The molecule has 0 bridgehead atoms. The van der Waals surface area contributed by atoms with Crippen molar-refractivity contribution < 1.29 is 15.0 Å². The van der Waals surface area contributed by atoms with Gasteiger partial charge in [0.05, 0.1) is 6.04 Å². The Labute approximate surface area is 89.5 Å². The Kier molecular flexibility index (Phi) is 3.62. The molecule has 0 amide bonds. The zero-order valence-corrected chi connectivity index (χ0v) is 8.81. The van der Waals surface area contributed by atoms with Crippen LogP contribution in [0.3, 0.4) is 0 Å². The normalized spacial score (nSPS) is 14.8. The number of carbonyl (C=O) groups is 1. The fourth-order valence-corrected chi connectivity index (χ4v) is 1.62. The van der Waals surface area contributed by atoms with Crippen molar-refractivity contribution >= 4 is 21.9 Å². The van der Waals surface area contributed by atoms with E-state index in [0.717, 1.165) is 0 Å². The summed E-state index contributed by atoms with van der Waals surface area (Å²) in [6.07, 6.45) is -1.59. The molecule has 0 aliphatic heterocycles. The van der Waals surface area contributed by atoms with Crippen LogP contribution in [-0.2, 0) is 4.79 Å². The van der Waals surface area contributed by atoms with Crippen LogP contribution in [0.15, 0.2) is 28.7 Å². The van der Waals surface area contributed by atoms with Gasteiger partial charge in [-0.3, -0.25) is 0 Å². The lowest BCUT2D eigenvalue weighted by molar-refractivity contribution is -0.147. The van der Waals surface area contributed by atoms with Crippen molar-refractivity contribution in [2.75, 3.05) is 0 Å². The van der Waals surface area contributed by atoms with Crippen molar-refractivity contribution in [3.8, 4) is 0 Å². The third-order valence-corrected chi connectivity index (χ3v) is 2.58. The molecule has 0 saturated carbocycles. The molecule has 0 fully saturated rings. The molecular weight excluding hydrogens is 250 g/mol. The zero-order chi connectivity index (χ0) is 10.7. The Morgan fingerprint density at radius 3 is 2.50 bits per heavy atom. The molecule has 0 aliphatic carbocycles. The lowest BCUT2D eigenvalue weighted by Gasteiger charge is -2.16. The molecule has 76 valence electrons. The van der Waals surface area contributed by atoms with E-state index < -0.39 is 18.1 Å². The summed E-state index contributed by atoms with van der Waals surface area (Å²) in [5.74, 6) is -1.33. The van der Waals surface area contributed by atoms with E-state index >= 15 is 0 Å². The van der Waals surface area contributed by atoms with E-state index in [1.165, 1.54) is 0 Å². The van der Waals surface area contributed by atoms with E-state index in [4.69, 9.17) is 10.8 Å². The van der Waals surface area contributed by atoms with Gasteiger partial charge in [-0.2, -0.15) is 0 Å². The Morgan fingerprint density at radius 2 is 2.00 bits per heavy atom. The number of aliphatic carboxylic acids is 1. The first-order valence-corrected chi connectivity index (χ1v) is 4.74. The summed E-state index contributed by atoms with van der Waals surface area (Å²) in [4.78, 5) is 10.5. The topological polar surface area (TPSA) is 83.5 Å². The third-order valence-electron chi connectivity index (χ3n) is 1.86. The van der Waals surface area contributed by atoms with E-state index in [9.17, 15) is 9.90 Å². The standard InChI is InChI=1S/C9H10BrNO3/c10-6-4-2-1-3-5(6)7(11)8(12)9(13)14/h1-4,7-8,12H,11H2,(H,13,14)/t7-,8+/m1/s1. The van der Waals surface area contributed by atoms with Crippen molar-refractivity contribution in [3.63, 3.8) is 0 Å². The summed E-state index contributed by atoms with van der Waals surface area (Å²) < 4.78 is 0.688. The van der Waals surface area contributed by atoms with Crippen LogP contribution in [0.4, 0.5) is 0 Å². The van der Waals surface area contributed by atoms with E-state index in [1.807, 2.05) is 0 Å². The van der Waals surface area contributed by atoms with Crippen LogP contribution in [0.25, 0.3) is 0 Å². The quantitative estimate of drug-likeness (QED) is 0.753. The molecule has 5 heteroatoms. The Hall–Kier alpha value is -0.910. The lowest BCUT2D eigenvalue weighted by Crippen LogP contribution is -2.33. The minimum Gasteiger partial charge on any atom is -0.479 e. The molecule has 4 N–H and O–H groups in total. The molecule has 2 atom stereocenters. The van der Waals surface area contributed by atoms with Crippen LogP contribution >= 0.6 is 15.9 Å². The number of carboxylic acid groups (broad SMARTS) is 1. The molecule has 0 spiro atoms. The highest BCUT2D eigenvalue weighted by atomic mass is 79.9. The summed E-state index contributed by atoms with van der Waals surface area (Å²) in [5.41, 5.74) is 6.15. The van der Waals surface area contributed by atoms with Gasteiger partial charge in [0.25, 0.3) is 0 Å². The molecule has 1 rings (SSSR count). The molecule has 0 aliphatic rings. The van der Waals surface area contributed by atoms with Gasteiger partial charge < -0.3 is 15.9 Å². The maximum absolute atomic E-state index is 10.5. The Bertz CT molecular complexity index is 343. The van der Waals surface area contributed by atoms with Crippen molar-refractivity contribution in [2.24, 2.45) is 5.73 Å². The number of hydrogen-bond acceptors (Lipinski definition) is 3. The molecule has 1 aromatic rings. The first kappa shape index (κ1) is 11.2. The van der Waals surface area contributed by atoms with Crippen LogP contribution in [0, 0.1) is 0 Å². The predicted molar refractivity (Wildman–Crippen MR) is 54.7 cm³/mol. The second-order valence-electron chi connectivity index (χ2n) is 2.83.